The van der Waals surface area contributed by atoms with Crippen LogP contribution in [0.3, 0.4) is 0 Å². The van der Waals surface area contributed by atoms with Crippen molar-refractivity contribution in [3.05, 3.63) is 71.8 Å². The lowest BCUT2D eigenvalue weighted by atomic mass is 9.96. The van der Waals surface area contributed by atoms with E-state index in [-0.39, 0.29) is 25.2 Å². The van der Waals surface area contributed by atoms with Crippen LogP contribution in [-0.4, -0.2) is 137 Å². The van der Waals surface area contributed by atoms with E-state index in [1.54, 1.807) is 88.4 Å². The largest absolute Gasteiger partial charge is 0.480 e. The number of hydrogen-bond acceptors (Lipinski definition) is 12. The third-order valence-corrected chi connectivity index (χ3v) is 10.1. The molecule has 21 nitrogen and oxygen atoms in total. The average Bonchev–Trinajstić information content (AvgIpc) is 3.26. The number of carboxylic acid groups (broad SMARTS) is 1. The fourth-order valence-corrected chi connectivity index (χ4v) is 6.25. The molecule has 0 aliphatic rings. The Kier molecular flexibility index (Phi) is 23.3. The van der Waals surface area contributed by atoms with E-state index in [1.165, 1.54) is 13.8 Å². The maximum Gasteiger partial charge on any atom is 0.326 e. The predicted octanol–water partition coefficient (Wildman–Crippen LogP) is -2.49. The van der Waals surface area contributed by atoms with E-state index in [0.717, 1.165) is 0 Å². The van der Waals surface area contributed by atoms with Crippen molar-refractivity contribution in [1.29, 1.82) is 0 Å². The first kappa shape index (κ1) is 54.7. The van der Waals surface area contributed by atoms with E-state index in [4.69, 9.17) is 5.73 Å². The first-order valence-electron chi connectivity index (χ1n) is 21.4. The normalized spacial score (nSPS) is 15.2. The molecule has 2 aromatic rings. The van der Waals surface area contributed by atoms with Gasteiger partial charge in [0.15, 0.2) is 0 Å². The molecule has 21 heteroatoms. The summed E-state index contributed by atoms with van der Waals surface area (Å²) in [4.78, 5) is 117. The van der Waals surface area contributed by atoms with Gasteiger partial charge in [-0.1, -0.05) is 94.8 Å². The van der Waals surface area contributed by atoms with Crippen LogP contribution >= 0.6 is 0 Å². The zero-order chi connectivity index (χ0) is 48.8. The number of nitrogens with two attached hydrogens (primary N) is 1. The van der Waals surface area contributed by atoms with Gasteiger partial charge in [-0.2, -0.15) is 0 Å². The smallest absolute Gasteiger partial charge is 0.326 e. The number of carbonyl (C=O) groups is 9. The zero-order valence-corrected chi connectivity index (χ0v) is 37.6. The summed E-state index contributed by atoms with van der Waals surface area (Å²) in [6.07, 6.45) is -1.15. The summed E-state index contributed by atoms with van der Waals surface area (Å²) < 4.78 is 0. The van der Waals surface area contributed by atoms with Gasteiger partial charge in [-0.25, -0.2) is 4.79 Å². The fourth-order valence-electron chi connectivity index (χ4n) is 6.25. The highest BCUT2D eigenvalue weighted by atomic mass is 16.4. The number of amides is 8. The van der Waals surface area contributed by atoms with Crippen LogP contribution in [0.25, 0.3) is 0 Å². The van der Waals surface area contributed by atoms with Gasteiger partial charge in [-0.05, 0) is 43.2 Å². The number of nitrogens with one attached hydrogen (secondary N) is 8. The van der Waals surface area contributed by atoms with Crippen molar-refractivity contribution < 1.29 is 58.5 Å². The van der Waals surface area contributed by atoms with Crippen molar-refractivity contribution in [2.75, 3.05) is 19.7 Å². The summed E-state index contributed by atoms with van der Waals surface area (Å²) in [6.45, 7) is 7.50. The molecule has 0 fully saturated rings. The number of aliphatic hydroxyl groups is 2. The van der Waals surface area contributed by atoms with E-state index < -0.39 is 127 Å². The lowest BCUT2D eigenvalue weighted by Crippen LogP contribution is -2.60. The van der Waals surface area contributed by atoms with Crippen molar-refractivity contribution >= 4 is 53.2 Å². The van der Waals surface area contributed by atoms with Crippen LogP contribution in [0.1, 0.15) is 65.5 Å². The Bertz CT molecular complexity index is 1920. The van der Waals surface area contributed by atoms with Crippen LogP contribution in [-0.2, 0) is 56.0 Å². The maximum atomic E-state index is 13.7. The van der Waals surface area contributed by atoms with Crippen LogP contribution in [0.15, 0.2) is 60.7 Å². The van der Waals surface area contributed by atoms with Crippen LogP contribution < -0.4 is 48.3 Å². The minimum Gasteiger partial charge on any atom is -0.480 e. The van der Waals surface area contributed by atoms with Gasteiger partial charge in [-0.3, -0.25) is 38.4 Å². The molecular formula is C44H65N9O12. The van der Waals surface area contributed by atoms with E-state index in [1.807, 2.05) is 0 Å². The lowest BCUT2D eigenvalue weighted by Gasteiger charge is -2.29. The summed E-state index contributed by atoms with van der Waals surface area (Å²) >= 11 is 0. The van der Waals surface area contributed by atoms with Crippen LogP contribution in [0.4, 0.5) is 0 Å². The Hall–Kier alpha value is -6.45. The second-order valence-corrected chi connectivity index (χ2v) is 16.2. The van der Waals surface area contributed by atoms with Gasteiger partial charge in [0.25, 0.3) is 0 Å². The minimum absolute atomic E-state index is 0.0329. The highest BCUT2D eigenvalue weighted by molar-refractivity contribution is 5.97. The molecule has 13 N–H and O–H groups in total. The standard InChI is InChI=1S/C44H65N9O12/c1-7-25(4)36(43(63)51-33(23-54)41(61)50-32(44(64)65)20-29-16-12-9-13-17-29)52-39(59)30(18-24(2)3)48-35(57)22-47-42(62)37(27(6)55)53-40(60)31(19-28-14-10-8-11-15-28)49-34(56)21-46-38(58)26(5)45/h8-17,24-27,30-33,36-37,54-55H,7,18-23,45H2,1-6H3,(H,46,58)(H,47,62)(H,48,57)(H,49,56)(H,50,61)(H,51,63)(H,52,59)(H,53,60)(H,64,65)/t25-,26-,27+,30-,31-,32-,33-,36-,37-/m0/s1. The highest BCUT2D eigenvalue weighted by Crippen LogP contribution is 2.12. The van der Waals surface area contributed by atoms with Gasteiger partial charge >= 0.3 is 5.97 Å². The van der Waals surface area contributed by atoms with Crippen molar-refractivity contribution in [3.63, 3.8) is 0 Å². The van der Waals surface area contributed by atoms with Crippen LogP contribution in [0.5, 0.6) is 0 Å². The molecule has 8 amide bonds. The quantitative estimate of drug-likeness (QED) is 0.0442. The van der Waals surface area contributed by atoms with E-state index in [0.29, 0.717) is 17.5 Å². The van der Waals surface area contributed by atoms with Gasteiger partial charge in [0.2, 0.25) is 47.3 Å². The summed E-state index contributed by atoms with van der Waals surface area (Å²) in [5, 5.41) is 49.8. The van der Waals surface area contributed by atoms with E-state index in [2.05, 4.69) is 42.5 Å². The van der Waals surface area contributed by atoms with Gasteiger partial charge in [0, 0.05) is 12.8 Å². The second kappa shape index (κ2) is 27.7. The molecule has 65 heavy (non-hydrogen) atoms. The number of carbonyl (C=O) groups excluding carboxylic acids is 8. The maximum absolute atomic E-state index is 13.7. The Morgan fingerprint density at radius 3 is 1.46 bits per heavy atom. The molecular weight excluding hydrogens is 847 g/mol. The van der Waals surface area contributed by atoms with Gasteiger partial charge in [0.1, 0.15) is 36.3 Å². The van der Waals surface area contributed by atoms with Crippen LogP contribution in [0, 0.1) is 11.8 Å². The summed E-state index contributed by atoms with van der Waals surface area (Å²) in [6, 6.07) is 7.85. The lowest BCUT2D eigenvalue weighted by molar-refractivity contribution is -0.142. The molecule has 0 saturated heterocycles. The first-order valence-corrected chi connectivity index (χ1v) is 21.4. The van der Waals surface area contributed by atoms with Crippen LogP contribution in [0.2, 0.25) is 0 Å². The van der Waals surface area contributed by atoms with Gasteiger partial charge in [-0.15, -0.1) is 0 Å². The fraction of sp³-hybridized carbons (Fsp3) is 0.523. The molecule has 0 aliphatic heterocycles. The van der Waals surface area contributed by atoms with E-state index in [9.17, 15) is 58.5 Å². The van der Waals surface area contributed by atoms with Crippen molar-refractivity contribution in [2.24, 2.45) is 17.6 Å². The highest BCUT2D eigenvalue weighted by Gasteiger charge is 2.35. The molecule has 0 saturated carbocycles. The molecule has 9 atom stereocenters. The molecule has 0 aliphatic carbocycles. The average molecular weight is 912 g/mol. The van der Waals surface area contributed by atoms with Gasteiger partial charge < -0.3 is 63.6 Å². The molecule has 0 bridgehead atoms. The van der Waals surface area contributed by atoms with Crippen molar-refractivity contribution in [3.8, 4) is 0 Å². The second-order valence-electron chi connectivity index (χ2n) is 16.2. The number of aliphatic hydroxyl groups excluding tert-OH is 2. The molecule has 2 aromatic carbocycles. The Balaban J connectivity index is 2.14. The third kappa shape index (κ3) is 19.5. The SMILES string of the molecule is CC[C@H](C)[C@H](NC(=O)[C@H](CC(C)C)NC(=O)CNC(=O)[C@@H](NC(=O)[C@H](Cc1ccccc1)NC(=O)CNC(=O)[C@H](C)N)[C@@H](C)O)C(=O)N[C@@H](CO)C(=O)N[C@@H](Cc1ccccc1)C(=O)O. The Morgan fingerprint density at radius 2 is 1.00 bits per heavy atom. The topological polar surface area (TPSA) is 337 Å². The molecule has 2 rings (SSSR count). The number of rotatable bonds is 27. The molecule has 0 spiro atoms. The first-order chi connectivity index (χ1) is 30.7. The minimum atomic E-state index is -1.61. The molecule has 0 radical (unpaired) electrons. The number of aliphatic carboxylic acids is 1. The molecule has 0 unspecified atom stereocenters. The molecule has 358 valence electrons. The summed E-state index contributed by atoms with van der Waals surface area (Å²) in [5.74, 6) is -8.67. The Morgan fingerprint density at radius 1 is 0.554 bits per heavy atom. The monoisotopic (exact) mass is 911 g/mol. The predicted molar refractivity (Wildman–Crippen MR) is 237 cm³/mol. The molecule has 0 heterocycles. The summed E-state index contributed by atoms with van der Waals surface area (Å²) in [7, 11) is 0. The number of benzene rings is 2. The van der Waals surface area contributed by atoms with Gasteiger partial charge in [0.05, 0.1) is 31.8 Å². The Labute approximate surface area is 378 Å². The number of hydrogen-bond donors (Lipinski definition) is 12. The van der Waals surface area contributed by atoms with Crippen molar-refractivity contribution in [1.82, 2.24) is 42.5 Å². The summed E-state index contributed by atoms with van der Waals surface area (Å²) in [5.41, 5.74) is 6.79. The van der Waals surface area contributed by atoms with E-state index >= 15 is 0 Å². The van der Waals surface area contributed by atoms with Crippen molar-refractivity contribution in [2.45, 2.75) is 116 Å². The molecule has 0 aromatic heterocycles. The zero-order valence-electron chi connectivity index (χ0n) is 37.6. The third-order valence-electron chi connectivity index (χ3n) is 10.1. The number of carboxylic acids is 1.